The van der Waals surface area contributed by atoms with Crippen LogP contribution < -0.4 is 15.4 Å². The SMILES string of the molecule is O=C(Nc1ccccc1C(=O)NCc1ccco1)c1cccc(NS(=O)(=O)c2ccccc2)c1. The lowest BCUT2D eigenvalue weighted by Gasteiger charge is -2.12. The Labute approximate surface area is 196 Å². The quantitative estimate of drug-likeness (QED) is 0.352. The monoisotopic (exact) mass is 475 g/mol. The molecule has 0 fully saturated rings. The highest BCUT2D eigenvalue weighted by atomic mass is 32.2. The van der Waals surface area contributed by atoms with Crippen molar-refractivity contribution in [2.24, 2.45) is 0 Å². The normalized spacial score (nSPS) is 10.9. The summed E-state index contributed by atoms with van der Waals surface area (Å²) in [4.78, 5) is 25.6. The predicted molar refractivity (Wildman–Crippen MR) is 128 cm³/mol. The third-order valence-electron chi connectivity index (χ3n) is 4.85. The third kappa shape index (κ3) is 5.51. The molecule has 2 amide bonds. The Balaban J connectivity index is 1.48. The van der Waals surface area contributed by atoms with Crippen molar-refractivity contribution in [3.05, 3.63) is 114 Å². The van der Waals surface area contributed by atoms with Crippen molar-refractivity contribution in [1.29, 1.82) is 0 Å². The third-order valence-corrected chi connectivity index (χ3v) is 6.25. The molecule has 1 heterocycles. The lowest BCUT2D eigenvalue weighted by atomic mass is 10.1. The molecule has 34 heavy (non-hydrogen) atoms. The molecular formula is C25H21N3O5S. The molecule has 3 aromatic carbocycles. The molecule has 0 unspecified atom stereocenters. The van der Waals surface area contributed by atoms with Crippen molar-refractivity contribution in [3.63, 3.8) is 0 Å². The maximum absolute atomic E-state index is 12.9. The molecule has 0 saturated heterocycles. The van der Waals surface area contributed by atoms with E-state index in [4.69, 9.17) is 4.42 Å². The van der Waals surface area contributed by atoms with Crippen LogP contribution in [0.2, 0.25) is 0 Å². The number of carbonyl (C=O) groups excluding carboxylic acids is 2. The van der Waals surface area contributed by atoms with Gasteiger partial charge in [-0.05, 0) is 54.6 Å². The van der Waals surface area contributed by atoms with Gasteiger partial charge in [0, 0.05) is 11.3 Å². The van der Waals surface area contributed by atoms with E-state index < -0.39 is 15.9 Å². The Kier molecular flexibility index (Phi) is 6.74. The number of sulfonamides is 1. The van der Waals surface area contributed by atoms with E-state index in [2.05, 4.69) is 15.4 Å². The zero-order chi connectivity index (χ0) is 24.0. The van der Waals surface area contributed by atoms with Crippen LogP contribution in [0.4, 0.5) is 11.4 Å². The second-order valence-electron chi connectivity index (χ2n) is 7.26. The number of rotatable bonds is 8. The van der Waals surface area contributed by atoms with Crippen LogP contribution in [0.15, 0.2) is 107 Å². The molecule has 0 aliphatic heterocycles. The minimum Gasteiger partial charge on any atom is -0.467 e. The van der Waals surface area contributed by atoms with Gasteiger partial charge in [0.25, 0.3) is 21.8 Å². The summed E-state index contributed by atoms with van der Waals surface area (Å²) in [5.41, 5.74) is 1.06. The Hall–Kier alpha value is -4.37. The Bertz CT molecular complexity index is 1400. The number of hydrogen-bond donors (Lipinski definition) is 3. The molecule has 3 N–H and O–H groups in total. The van der Waals surface area contributed by atoms with Gasteiger partial charge in [0.1, 0.15) is 5.76 Å². The molecule has 0 spiro atoms. The maximum Gasteiger partial charge on any atom is 0.261 e. The second-order valence-corrected chi connectivity index (χ2v) is 8.94. The highest BCUT2D eigenvalue weighted by molar-refractivity contribution is 7.92. The summed E-state index contributed by atoms with van der Waals surface area (Å²) in [6.45, 7) is 0.206. The van der Waals surface area contributed by atoms with E-state index in [9.17, 15) is 18.0 Å². The summed E-state index contributed by atoms with van der Waals surface area (Å²) in [6, 6.07) is 24.1. The summed E-state index contributed by atoms with van der Waals surface area (Å²) >= 11 is 0. The van der Waals surface area contributed by atoms with Crippen LogP contribution in [-0.2, 0) is 16.6 Å². The van der Waals surface area contributed by atoms with Crippen LogP contribution in [0.3, 0.4) is 0 Å². The second kappa shape index (κ2) is 10.1. The topological polar surface area (TPSA) is 118 Å². The molecule has 0 atom stereocenters. The summed E-state index contributed by atoms with van der Waals surface area (Å²) in [7, 11) is -3.80. The minimum absolute atomic E-state index is 0.111. The van der Waals surface area contributed by atoms with E-state index in [1.165, 1.54) is 24.5 Å². The number of benzene rings is 3. The van der Waals surface area contributed by atoms with Gasteiger partial charge in [-0.25, -0.2) is 8.42 Å². The smallest absolute Gasteiger partial charge is 0.261 e. The number of anilines is 2. The molecule has 9 heteroatoms. The Morgan fingerprint density at radius 1 is 0.794 bits per heavy atom. The highest BCUT2D eigenvalue weighted by Gasteiger charge is 2.17. The van der Waals surface area contributed by atoms with Crippen molar-refractivity contribution in [1.82, 2.24) is 5.32 Å². The average molecular weight is 476 g/mol. The van der Waals surface area contributed by atoms with Gasteiger partial charge in [0.2, 0.25) is 0 Å². The first-order valence-corrected chi connectivity index (χ1v) is 11.8. The first kappa shape index (κ1) is 22.8. The van der Waals surface area contributed by atoms with Crippen molar-refractivity contribution >= 4 is 33.2 Å². The van der Waals surface area contributed by atoms with E-state index in [0.29, 0.717) is 11.4 Å². The lowest BCUT2D eigenvalue weighted by Crippen LogP contribution is -2.24. The van der Waals surface area contributed by atoms with Gasteiger partial charge < -0.3 is 15.1 Å². The standard InChI is InChI=1S/C25H21N3O5S/c29-24(18-8-6-9-19(16-18)28-34(31,32)21-11-2-1-3-12-21)27-23-14-5-4-13-22(23)25(30)26-17-20-10-7-15-33-20/h1-16,28H,17H2,(H,26,30)(H,27,29). The number of hydrogen-bond acceptors (Lipinski definition) is 5. The predicted octanol–water partition coefficient (Wildman–Crippen LogP) is 4.26. The van der Waals surface area contributed by atoms with Crippen LogP contribution in [0.25, 0.3) is 0 Å². The molecule has 0 aliphatic rings. The lowest BCUT2D eigenvalue weighted by molar-refractivity contribution is 0.0949. The van der Waals surface area contributed by atoms with Gasteiger partial charge in [-0.15, -0.1) is 0 Å². The van der Waals surface area contributed by atoms with E-state index >= 15 is 0 Å². The van der Waals surface area contributed by atoms with E-state index in [-0.39, 0.29) is 34.2 Å². The zero-order valence-electron chi connectivity index (χ0n) is 17.9. The summed E-state index contributed by atoms with van der Waals surface area (Å²) in [6.07, 6.45) is 1.52. The average Bonchev–Trinajstić information content (AvgIpc) is 3.37. The number of nitrogens with one attached hydrogen (secondary N) is 3. The minimum atomic E-state index is -3.80. The number of carbonyl (C=O) groups is 2. The van der Waals surface area contributed by atoms with Gasteiger partial charge >= 0.3 is 0 Å². The molecule has 1 aromatic heterocycles. The largest absolute Gasteiger partial charge is 0.467 e. The molecule has 8 nitrogen and oxygen atoms in total. The summed E-state index contributed by atoms with van der Waals surface area (Å²) in [5.74, 6) is -0.270. The fourth-order valence-corrected chi connectivity index (χ4v) is 4.27. The summed E-state index contributed by atoms with van der Waals surface area (Å²) in [5, 5.41) is 5.47. The van der Waals surface area contributed by atoms with Crippen LogP contribution in [0, 0.1) is 0 Å². The fourth-order valence-electron chi connectivity index (χ4n) is 3.20. The maximum atomic E-state index is 12.9. The van der Waals surface area contributed by atoms with Crippen molar-refractivity contribution in [3.8, 4) is 0 Å². The van der Waals surface area contributed by atoms with Crippen molar-refractivity contribution in [2.45, 2.75) is 11.4 Å². The van der Waals surface area contributed by atoms with Gasteiger partial charge in [-0.3, -0.25) is 14.3 Å². The van der Waals surface area contributed by atoms with E-state index in [0.717, 1.165) is 0 Å². The molecule has 0 saturated carbocycles. The van der Waals surface area contributed by atoms with Crippen LogP contribution in [-0.4, -0.2) is 20.2 Å². The van der Waals surface area contributed by atoms with Crippen LogP contribution in [0.5, 0.6) is 0 Å². The fraction of sp³-hybridized carbons (Fsp3) is 0.0400. The molecule has 4 rings (SSSR count). The Morgan fingerprint density at radius 3 is 2.32 bits per heavy atom. The zero-order valence-corrected chi connectivity index (χ0v) is 18.7. The van der Waals surface area contributed by atoms with Crippen molar-refractivity contribution < 1.29 is 22.4 Å². The summed E-state index contributed by atoms with van der Waals surface area (Å²) < 4.78 is 32.8. The van der Waals surface area contributed by atoms with Gasteiger partial charge in [0.15, 0.2) is 0 Å². The van der Waals surface area contributed by atoms with Crippen molar-refractivity contribution in [2.75, 3.05) is 10.0 Å². The number of furan rings is 1. The van der Waals surface area contributed by atoms with Gasteiger partial charge in [-0.1, -0.05) is 36.4 Å². The molecule has 0 bridgehead atoms. The molecule has 172 valence electrons. The van der Waals surface area contributed by atoms with Gasteiger partial charge in [-0.2, -0.15) is 0 Å². The Morgan fingerprint density at radius 2 is 1.56 bits per heavy atom. The first-order chi connectivity index (χ1) is 16.4. The van der Waals surface area contributed by atoms with Gasteiger partial charge in [0.05, 0.1) is 29.0 Å². The van der Waals surface area contributed by atoms with Crippen LogP contribution in [0.1, 0.15) is 26.5 Å². The molecule has 0 radical (unpaired) electrons. The van der Waals surface area contributed by atoms with E-state index in [1.807, 2.05) is 0 Å². The highest BCUT2D eigenvalue weighted by Crippen LogP contribution is 2.20. The first-order valence-electron chi connectivity index (χ1n) is 10.3. The van der Waals surface area contributed by atoms with E-state index in [1.54, 1.807) is 72.8 Å². The van der Waals surface area contributed by atoms with Crippen LogP contribution >= 0.6 is 0 Å². The number of amides is 2. The molecule has 0 aliphatic carbocycles. The number of para-hydroxylation sites is 1. The molecule has 4 aromatic rings. The molecular weight excluding hydrogens is 454 g/mol.